The van der Waals surface area contributed by atoms with Crippen molar-refractivity contribution in [2.45, 2.75) is 43.1 Å². The highest BCUT2D eigenvalue weighted by molar-refractivity contribution is 7.99. The first-order valence-corrected chi connectivity index (χ1v) is 7.83. The van der Waals surface area contributed by atoms with E-state index in [1.54, 1.807) is 11.8 Å². The topological polar surface area (TPSA) is 83.5 Å². The maximum absolute atomic E-state index is 10.9. The number of thioether (sulfide) groups is 1. The van der Waals surface area contributed by atoms with Gasteiger partial charge in [-0.3, -0.25) is 4.79 Å². The molecule has 0 atom stereocenters. The molecule has 2 rings (SSSR count). The third kappa shape index (κ3) is 3.46. The van der Waals surface area contributed by atoms with Crippen LogP contribution in [-0.2, 0) is 4.79 Å². The van der Waals surface area contributed by atoms with E-state index in [2.05, 4.69) is 0 Å². The average Bonchev–Trinajstić information content (AvgIpc) is 2.41. The molecule has 4 nitrogen and oxygen atoms in total. The number of aryl methyl sites for hydroxylation is 1. The SMILES string of the molecule is Cc1cccc(SCC2(O)CCC(C(=O)O)CC2)c1N. The van der Waals surface area contributed by atoms with Crippen LogP contribution in [0.4, 0.5) is 5.69 Å². The van der Waals surface area contributed by atoms with Gasteiger partial charge in [0.2, 0.25) is 0 Å². The van der Waals surface area contributed by atoms with Crippen molar-refractivity contribution in [3.8, 4) is 0 Å². The first kappa shape index (κ1) is 15.2. The average molecular weight is 295 g/mol. The number of hydrogen-bond donors (Lipinski definition) is 3. The van der Waals surface area contributed by atoms with Gasteiger partial charge >= 0.3 is 5.97 Å². The van der Waals surface area contributed by atoms with E-state index in [-0.39, 0.29) is 5.92 Å². The van der Waals surface area contributed by atoms with E-state index >= 15 is 0 Å². The van der Waals surface area contributed by atoms with E-state index in [1.165, 1.54) is 0 Å². The number of carbonyl (C=O) groups is 1. The second kappa shape index (κ2) is 6.06. The summed E-state index contributed by atoms with van der Waals surface area (Å²) in [7, 11) is 0. The van der Waals surface area contributed by atoms with Crippen LogP contribution in [0.15, 0.2) is 23.1 Å². The van der Waals surface area contributed by atoms with Crippen molar-refractivity contribution in [1.29, 1.82) is 0 Å². The van der Waals surface area contributed by atoms with Gasteiger partial charge in [0.15, 0.2) is 0 Å². The molecule has 0 spiro atoms. The summed E-state index contributed by atoms with van der Waals surface area (Å²) in [6.07, 6.45) is 2.19. The molecule has 0 radical (unpaired) electrons. The molecule has 4 N–H and O–H groups in total. The van der Waals surface area contributed by atoms with Crippen molar-refractivity contribution >= 4 is 23.4 Å². The number of nitrogen functional groups attached to an aromatic ring is 1. The number of aliphatic hydroxyl groups is 1. The Morgan fingerprint density at radius 2 is 2.10 bits per heavy atom. The Labute approximate surface area is 123 Å². The Morgan fingerprint density at radius 3 is 2.70 bits per heavy atom. The lowest BCUT2D eigenvalue weighted by molar-refractivity contribution is -0.144. The Morgan fingerprint density at radius 1 is 1.45 bits per heavy atom. The van der Waals surface area contributed by atoms with Gasteiger partial charge in [-0.15, -0.1) is 11.8 Å². The van der Waals surface area contributed by atoms with E-state index in [0.29, 0.717) is 31.4 Å². The smallest absolute Gasteiger partial charge is 0.306 e. The van der Waals surface area contributed by atoms with E-state index in [0.717, 1.165) is 16.1 Å². The van der Waals surface area contributed by atoms with Gasteiger partial charge < -0.3 is 15.9 Å². The van der Waals surface area contributed by atoms with Gasteiger partial charge in [0.25, 0.3) is 0 Å². The zero-order valence-electron chi connectivity index (χ0n) is 11.6. The summed E-state index contributed by atoms with van der Waals surface area (Å²) >= 11 is 1.55. The maximum atomic E-state index is 10.9. The summed E-state index contributed by atoms with van der Waals surface area (Å²) in [5, 5.41) is 19.5. The van der Waals surface area contributed by atoms with Crippen molar-refractivity contribution in [1.82, 2.24) is 0 Å². The minimum absolute atomic E-state index is 0.302. The lowest BCUT2D eigenvalue weighted by Gasteiger charge is -2.34. The molecule has 1 saturated carbocycles. The fraction of sp³-hybridized carbons (Fsp3) is 0.533. The molecule has 5 heteroatoms. The summed E-state index contributed by atoms with van der Waals surface area (Å²) in [5.74, 6) is -0.487. The molecule has 0 amide bonds. The molecule has 20 heavy (non-hydrogen) atoms. The number of carboxylic acid groups (broad SMARTS) is 1. The molecule has 0 saturated heterocycles. The van der Waals surface area contributed by atoms with Crippen molar-refractivity contribution < 1.29 is 15.0 Å². The van der Waals surface area contributed by atoms with Gasteiger partial charge in [0.1, 0.15) is 0 Å². The second-order valence-electron chi connectivity index (χ2n) is 5.61. The highest BCUT2D eigenvalue weighted by Crippen LogP contribution is 2.37. The highest BCUT2D eigenvalue weighted by atomic mass is 32.2. The normalized spacial score (nSPS) is 26.4. The second-order valence-corrected chi connectivity index (χ2v) is 6.63. The summed E-state index contributed by atoms with van der Waals surface area (Å²) in [4.78, 5) is 11.9. The van der Waals surface area contributed by atoms with Gasteiger partial charge in [-0.25, -0.2) is 0 Å². The molecule has 1 aromatic carbocycles. The molecular formula is C15H21NO3S. The molecule has 0 aliphatic heterocycles. The first-order chi connectivity index (χ1) is 9.41. The van der Waals surface area contributed by atoms with Crippen LogP contribution in [0.2, 0.25) is 0 Å². The summed E-state index contributed by atoms with van der Waals surface area (Å²) in [6, 6.07) is 5.88. The number of rotatable bonds is 4. The van der Waals surface area contributed by atoms with Crippen LogP contribution in [0.1, 0.15) is 31.2 Å². The fourth-order valence-electron chi connectivity index (χ4n) is 2.54. The van der Waals surface area contributed by atoms with Crippen molar-refractivity contribution in [2.24, 2.45) is 5.92 Å². The Balaban J connectivity index is 1.94. The fourth-order valence-corrected chi connectivity index (χ4v) is 3.74. The van der Waals surface area contributed by atoms with Gasteiger partial charge in [0, 0.05) is 16.3 Å². The molecule has 0 heterocycles. The summed E-state index contributed by atoms with van der Waals surface area (Å²) < 4.78 is 0. The number of hydrogen-bond acceptors (Lipinski definition) is 4. The Hall–Kier alpha value is -1.20. The molecule has 1 fully saturated rings. The molecule has 110 valence electrons. The van der Waals surface area contributed by atoms with Crippen molar-refractivity contribution in [3.63, 3.8) is 0 Å². The molecule has 1 aliphatic rings. The minimum atomic E-state index is -0.771. The lowest BCUT2D eigenvalue weighted by atomic mass is 9.80. The van der Waals surface area contributed by atoms with E-state index in [9.17, 15) is 9.90 Å². The lowest BCUT2D eigenvalue weighted by Crippen LogP contribution is -2.38. The van der Waals surface area contributed by atoms with Crippen LogP contribution in [0, 0.1) is 12.8 Å². The Bertz CT molecular complexity index is 496. The third-order valence-electron chi connectivity index (χ3n) is 4.05. The summed E-state index contributed by atoms with van der Waals surface area (Å²) in [5.41, 5.74) is 7.05. The van der Waals surface area contributed by atoms with Crippen molar-refractivity contribution in [2.75, 3.05) is 11.5 Å². The molecule has 0 unspecified atom stereocenters. The van der Waals surface area contributed by atoms with Gasteiger partial charge in [-0.1, -0.05) is 12.1 Å². The van der Waals surface area contributed by atoms with Gasteiger partial charge in [0.05, 0.1) is 11.5 Å². The predicted octanol–water partition coefficient (Wildman–Crippen LogP) is 2.68. The molecule has 0 bridgehead atoms. The quantitative estimate of drug-likeness (QED) is 0.587. The van der Waals surface area contributed by atoms with Gasteiger partial charge in [-0.05, 0) is 44.2 Å². The molecular weight excluding hydrogens is 274 g/mol. The predicted molar refractivity (Wildman–Crippen MR) is 80.9 cm³/mol. The number of benzene rings is 1. The molecule has 1 aliphatic carbocycles. The molecule has 1 aromatic rings. The highest BCUT2D eigenvalue weighted by Gasteiger charge is 2.35. The standard InChI is InChI=1S/C15H21NO3S/c1-10-3-2-4-12(13(10)16)20-9-15(19)7-5-11(6-8-15)14(17)18/h2-4,11,19H,5-9,16H2,1H3,(H,17,18). The zero-order chi connectivity index (χ0) is 14.8. The maximum Gasteiger partial charge on any atom is 0.306 e. The number of para-hydroxylation sites is 1. The van der Waals surface area contributed by atoms with Crippen LogP contribution >= 0.6 is 11.8 Å². The third-order valence-corrected chi connectivity index (χ3v) is 5.39. The number of carboxylic acids is 1. The van der Waals surface area contributed by atoms with Crippen molar-refractivity contribution in [3.05, 3.63) is 23.8 Å². The van der Waals surface area contributed by atoms with E-state index in [1.807, 2.05) is 25.1 Å². The van der Waals surface area contributed by atoms with Crippen LogP contribution in [0.25, 0.3) is 0 Å². The molecule has 0 aromatic heterocycles. The Kier molecular flexibility index (Phi) is 4.60. The van der Waals surface area contributed by atoms with Crippen LogP contribution in [0.3, 0.4) is 0 Å². The zero-order valence-corrected chi connectivity index (χ0v) is 12.4. The number of nitrogens with two attached hydrogens (primary N) is 1. The monoisotopic (exact) mass is 295 g/mol. The first-order valence-electron chi connectivity index (χ1n) is 6.84. The summed E-state index contributed by atoms with van der Waals surface area (Å²) in [6.45, 7) is 1.96. The number of aliphatic carboxylic acids is 1. The largest absolute Gasteiger partial charge is 0.481 e. The van der Waals surface area contributed by atoms with E-state index in [4.69, 9.17) is 10.8 Å². The van der Waals surface area contributed by atoms with E-state index < -0.39 is 11.6 Å². The van der Waals surface area contributed by atoms with Gasteiger partial charge in [-0.2, -0.15) is 0 Å². The van der Waals surface area contributed by atoms with Crippen LogP contribution in [-0.4, -0.2) is 27.5 Å². The van der Waals surface area contributed by atoms with Crippen LogP contribution < -0.4 is 5.73 Å². The number of anilines is 1. The minimum Gasteiger partial charge on any atom is -0.481 e. The van der Waals surface area contributed by atoms with Crippen LogP contribution in [0.5, 0.6) is 0 Å².